The number of hydrogen-bond acceptors (Lipinski definition) is 5. The molecule has 1 rings (SSSR count). The third-order valence-electron chi connectivity index (χ3n) is 1.23. The molecule has 0 radical (unpaired) electrons. The summed E-state index contributed by atoms with van der Waals surface area (Å²) < 4.78 is 9.44. The van der Waals surface area contributed by atoms with Gasteiger partial charge in [0.15, 0.2) is 0 Å². The number of rotatable bonds is 3. The predicted molar refractivity (Wildman–Crippen MR) is 43.9 cm³/mol. The van der Waals surface area contributed by atoms with Crippen molar-refractivity contribution in [2.24, 2.45) is 0 Å². The standard InChI is InChI=1S/C7H8O4S/c1-2-6(8)10-3-5-4-12-7(9)11-5/h2,5H,1,3-4H2. The zero-order valence-electron chi connectivity index (χ0n) is 6.32. The van der Waals surface area contributed by atoms with Gasteiger partial charge in [0.05, 0.1) is 0 Å². The van der Waals surface area contributed by atoms with Crippen molar-refractivity contribution in [3.05, 3.63) is 12.7 Å². The maximum Gasteiger partial charge on any atom is 0.367 e. The molecule has 12 heavy (non-hydrogen) atoms. The summed E-state index contributed by atoms with van der Waals surface area (Å²) in [5.74, 6) is 0.0476. The van der Waals surface area contributed by atoms with E-state index in [9.17, 15) is 9.59 Å². The highest BCUT2D eigenvalue weighted by Crippen LogP contribution is 2.19. The highest BCUT2D eigenvalue weighted by atomic mass is 32.2. The monoisotopic (exact) mass is 188 g/mol. The Labute approximate surface area is 73.9 Å². The maximum atomic E-state index is 10.6. The quantitative estimate of drug-likeness (QED) is 0.488. The summed E-state index contributed by atoms with van der Waals surface area (Å²) in [6.45, 7) is 3.35. The SMILES string of the molecule is C=CC(=O)OCC1CSC(=O)O1. The van der Waals surface area contributed by atoms with Crippen LogP contribution in [-0.4, -0.2) is 29.7 Å². The Morgan fingerprint density at radius 1 is 1.92 bits per heavy atom. The van der Waals surface area contributed by atoms with Crippen LogP contribution in [0.5, 0.6) is 0 Å². The normalized spacial score (nSPS) is 21.7. The van der Waals surface area contributed by atoms with Crippen LogP contribution in [0.3, 0.4) is 0 Å². The van der Waals surface area contributed by atoms with E-state index >= 15 is 0 Å². The van der Waals surface area contributed by atoms with Gasteiger partial charge >= 0.3 is 11.3 Å². The van der Waals surface area contributed by atoms with Crippen LogP contribution in [0.15, 0.2) is 12.7 Å². The second-order valence-electron chi connectivity index (χ2n) is 2.14. The van der Waals surface area contributed by atoms with Crippen LogP contribution >= 0.6 is 11.8 Å². The minimum absolute atomic E-state index is 0.115. The van der Waals surface area contributed by atoms with E-state index in [2.05, 4.69) is 11.3 Å². The first-order chi connectivity index (χ1) is 5.72. The van der Waals surface area contributed by atoms with E-state index in [-0.39, 0.29) is 18.0 Å². The zero-order valence-corrected chi connectivity index (χ0v) is 7.13. The molecule has 1 unspecified atom stereocenters. The lowest BCUT2D eigenvalue weighted by Crippen LogP contribution is -2.19. The maximum absolute atomic E-state index is 10.6. The van der Waals surface area contributed by atoms with Gasteiger partial charge in [0.2, 0.25) is 0 Å². The average molecular weight is 188 g/mol. The average Bonchev–Trinajstić information content (AvgIpc) is 2.47. The van der Waals surface area contributed by atoms with Crippen molar-refractivity contribution < 1.29 is 19.1 Å². The number of esters is 1. The molecule has 1 fully saturated rings. The third kappa shape index (κ3) is 2.58. The Morgan fingerprint density at radius 3 is 3.17 bits per heavy atom. The second kappa shape index (κ2) is 4.15. The van der Waals surface area contributed by atoms with Crippen molar-refractivity contribution in [1.29, 1.82) is 0 Å². The lowest BCUT2D eigenvalue weighted by molar-refractivity contribution is -0.140. The van der Waals surface area contributed by atoms with E-state index in [1.165, 1.54) is 0 Å². The molecule has 1 saturated heterocycles. The van der Waals surface area contributed by atoms with Gasteiger partial charge in [-0.25, -0.2) is 9.59 Å². The van der Waals surface area contributed by atoms with Crippen LogP contribution in [0.1, 0.15) is 0 Å². The van der Waals surface area contributed by atoms with E-state index in [4.69, 9.17) is 4.74 Å². The van der Waals surface area contributed by atoms with Gasteiger partial charge in [0, 0.05) is 11.8 Å². The molecular formula is C7H8O4S. The number of ether oxygens (including phenoxy) is 2. The fourth-order valence-electron chi connectivity index (χ4n) is 0.681. The first kappa shape index (κ1) is 9.12. The van der Waals surface area contributed by atoms with Crippen molar-refractivity contribution >= 4 is 23.0 Å². The van der Waals surface area contributed by atoms with Gasteiger partial charge < -0.3 is 9.47 Å². The molecule has 66 valence electrons. The molecule has 0 aromatic heterocycles. The highest BCUT2D eigenvalue weighted by molar-refractivity contribution is 8.13. The third-order valence-corrected chi connectivity index (χ3v) is 2.10. The Morgan fingerprint density at radius 2 is 2.67 bits per heavy atom. The predicted octanol–water partition coefficient (Wildman–Crippen LogP) is 0.968. The minimum atomic E-state index is -0.497. The Kier molecular flexibility index (Phi) is 3.16. The van der Waals surface area contributed by atoms with Gasteiger partial charge in [-0.2, -0.15) is 0 Å². The molecule has 0 bridgehead atoms. The van der Waals surface area contributed by atoms with E-state index in [0.717, 1.165) is 17.8 Å². The van der Waals surface area contributed by atoms with Crippen molar-refractivity contribution in [2.75, 3.05) is 12.4 Å². The topological polar surface area (TPSA) is 52.6 Å². The summed E-state index contributed by atoms with van der Waals surface area (Å²) in [7, 11) is 0. The molecule has 1 heterocycles. The van der Waals surface area contributed by atoms with Gasteiger partial charge in [0.25, 0.3) is 0 Å². The van der Waals surface area contributed by atoms with Crippen LogP contribution in [-0.2, 0) is 14.3 Å². The van der Waals surface area contributed by atoms with Crippen LogP contribution < -0.4 is 0 Å². The van der Waals surface area contributed by atoms with E-state index < -0.39 is 5.97 Å². The van der Waals surface area contributed by atoms with Gasteiger partial charge in [-0.05, 0) is 11.8 Å². The first-order valence-corrected chi connectivity index (χ1v) is 4.33. The van der Waals surface area contributed by atoms with Crippen molar-refractivity contribution in [3.63, 3.8) is 0 Å². The molecule has 0 spiro atoms. The fourth-order valence-corrected chi connectivity index (χ4v) is 1.37. The van der Waals surface area contributed by atoms with Gasteiger partial charge in [-0.15, -0.1) is 0 Å². The van der Waals surface area contributed by atoms with E-state index in [1.807, 2.05) is 0 Å². The number of cyclic esters (lactones) is 1. The Hall–Kier alpha value is -0.970. The van der Waals surface area contributed by atoms with E-state index in [1.54, 1.807) is 0 Å². The number of thioether (sulfide) groups is 1. The molecule has 0 N–H and O–H groups in total. The van der Waals surface area contributed by atoms with Crippen molar-refractivity contribution in [3.8, 4) is 0 Å². The Bertz CT molecular complexity index is 213. The van der Waals surface area contributed by atoms with Crippen molar-refractivity contribution in [1.82, 2.24) is 0 Å². The van der Waals surface area contributed by atoms with Gasteiger partial charge in [0.1, 0.15) is 12.7 Å². The highest BCUT2D eigenvalue weighted by Gasteiger charge is 2.24. The molecule has 1 aliphatic rings. The molecule has 4 nitrogen and oxygen atoms in total. The Balaban J connectivity index is 2.20. The van der Waals surface area contributed by atoms with Crippen LogP contribution in [0.4, 0.5) is 4.79 Å². The molecule has 0 aromatic carbocycles. The lowest BCUT2D eigenvalue weighted by Gasteiger charge is -2.06. The fraction of sp³-hybridized carbons (Fsp3) is 0.429. The van der Waals surface area contributed by atoms with Crippen LogP contribution in [0, 0.1) is 0 Å². The second-order valence-corrected chi connectivity index (χ2v) is 3.09. The van der Waals surface area contributed by atoms with Crippen LogP contribution in [0.25, 0.3) is 0 Å². The number of carbonyl (C=O) groups is 2. The summed E-state index contributed by atoms with van der Waals surface area (Å²) >= 11 is 1.09. The molecule has 0 aromatic rings. The molecule has 1 atom stereocenters. The van der Waals surface area contributed by atoms with Gasteiger partial charge in [-0.3, -0.25) is 0 Å². The zero-order chi connectivity index (χ0) is 8.97. The summed E-state index contributed by atoms with van der Waals surface area (Å²) in [5.41, 5.74) is 0. The lowest BCUT2D eigenvalue weighted by atomic mass is 10.4. The molecule has 0 saturated carbocycles. The molecule has 0 amide bonds. The van der Waals surface area contributed by atoms with Gasteiger partial charge in [-0.1, -0.05) is 6.58 Å². The smallest absolute Gasteiger partial charge is 0.367 e. The van der Waals surface area contributed by atoms with Crippen molar-refractivity contribution in [2.45, 2.75) is 6.10 Å². The molecular weight excluding hydrogens is 180 g/mol. The summed E-state index contributed by atoms with van der Waals surface area (Å²) in [4.78, 5) is 21.1. The number of hydrogen-bond donors (Lipinski definition) is 0. The molecule has 5 heteroatoms. The summed E-state index contributed by atoms with van der Waals surface area (Å²) in [6, 6.07) is 0. The van der Waals surface area contributed by atoms with Crippen LogP contribution in [0.2, 0.25) is 0 Å². The summed E-state index contributed by atoms with van der Waals surface area (Å²) in [5, 5.41) is -0.311. The largest absolute Gasteiger partial charge is 0.459 e. The summed E-state index contributed by atoms with van der Waals surface area (Å²) in [6.07, 6.45) is 0.774. The minimum Gasteiger partial charge on any atom is -0.459 e. The van der Waals surface area contributed by atoms with E-state index in [0.29, 0.717) is 5.75 Å². The first-order valence-electron chi connectivity index (χ1n) is 3.35. The molecule has 0 aliphatic carbocycles. The number of carbonyl (C=O) groups excluding carboxylic acids is 2. The molecule has 1 aliphatic heterocycles.